The van der Waals surface area contributed by atoms with E-state index in [2.05, 4.69) is 5.32 Å². The second-order valence-corrected chi connectivity index (χ2v) is 5.60. The fourth-order valence-corrected chi connectivity index (χ4v) is 1.62. The highest BCUT2D eigenvalue weighted by molar-refractivity contribution is 7.92. The second-order valence-electron chi connectivity index (χ2n) is 3.24. The minimum atomic E-state index is -3.35. The second kappa shape index (κ2) is 5.69. The molecule has 0 aromatic heterocycles. The third-order valence-electron chi connectivity index (χ3n) is 1.68. The predicted molar refractivity (Wildman–Crippen MR) is 54.2 cm³/mol. The summed E-state index contributed by atoms with van der Waals surface area (Å²) in [6.07, 6.45) is -0.224. The fourth-order valence-electron chi connectivity index (χ4n) is 0.931. The fraction of sp³-hybridized carbons (Fsp3) is 0.750. The van der Waals surface area contributed by atoms with Crippen LogP contribution < -0.4 is 5.32 Å². The zero-order valence-electron chi connectivity index (χ0n) is 8.69. The van der Waals surface area contributed by atoms with Crippen molar-refractivity contribution in [2.45, 2.75) is 26.3 Å². The molecule has 0 bridgehead atoms. The number of carbonyl (C=O) groups is 2. The van der Waals surface area contributed by atoms with Crippen molar-refractivity contribution in [3.8, 4) is 0 Å². The van der Waals surface area contributed by atoms with E-state index in [1.54, 1.807) is 0 Å². The molecule has 0 aliphatic rings. The van der Waals surface area contributed by atoms with Crippen LogP contribution in [0.5, 0.6) is 0 Å². The number of rotatable bonds is 6. The third kappa shape index (κ3) is 6.89. The molecule has 1 amide bonds. The first-order valence-corrected chi connectivity index (χ1v) is 6.30. The lowest BCUT2D eigenvalue weighted by atomic mass is 10.2. The Kier molecular flexibility index (Phi) is 5.27. The Morgan fingerprint density at radius 2 is 1.93 bits per heavy atom. The molecule has 0 saturated heterocycles. The Hall–Kier alpha value is -1.11. The largest absolute Gasteiger partial charge is 0.481 e. The summed E-state index contributed by atoms with van der Waals surface area (Å²) in [7, 11) is -3.35. The Bertz CT molecular complexity index is 335. The summed E-state index contributed by atoms with van der Waals surface area (Å²) in [6.45, 7) is 2.95. The molecule has 0 aromatic carbocycles. The van der Waals surface area contributed by atoms with E-state index in [-0.39, 0.29) is 12.2 Å². The molecular formula is C8H15NO5S. The lowest BCUT2D eigenvalue weighted by Gasteiger charge is -2.10. The van der Waals surface area contributed by atoms with Gasteiger partial charge < -0.3 is 10.4 Å². The van der Waals surface area contributed by atoms with Gasteiger partial charge in [0.05, 0.1) is 6.42 Å². The van der Waals surface area contributed by atoms with Crippen molar-refractivity contribution < 1.29 is 23.1 Å². The summed E-state index contributed by atoms with van der Waals surface area (Å²) in [5.41, 5.74) is 0. The molecule has 2 N–H and O–H groups in total. The van der Waals surface area contributed by atoms with Crippen LogP contribution in [0.2, 0.25) is 0 Å². The monoisotopic (exact) mass is 237 g/mol. The standard InChI is InChI=1S/C8H15NO5S/c1-3-15(13,14)5-7(10)9-6(2)4-8(11)12/h6H,3-5H2,1-2H3,(H,9,10)(H,11,12). The molecule has 0 fully saturated rings. The van der Waals surface area contributed by atoms with Gasteiger partial charge in [0, 0.05) is 11.8 Å². The van der Waals surface area contributed by atoms with E-state index >= 15 is 0 Å². The number of amides is 1. The predicted octanol–water partition coefficient (Wildman–Crippen LogP) is -0.599. The summed E-state index contributed by atoms with van der Waals surface area (Å²) in [4.78, 5) is 21.4. The molecule has 0 aromatic rings. The van der Waals surface area contributed by atoms with Crippen LogP contribution >= 0.6 is 0 Å². The van der Waals surface area contributed by atoms with Gasteiger partial charge in [0.15, 0.2) is 9.84 Å². The van der Waals surface area contributed by atoms with Gasteiger partial charge in [-0.15, -0.1) is 0 Å². The van der Waals surface area contributed by atoms with Crippen LogP contribution in [0.25, 0.3) is 0 Å². The number of sulfone groups is 1. The van der Waals surface area contributed by atoms with Crippen LogP contribution in [0.1, 0.15) is 20.3 Å². The van der Waals surface area contributed by atoms with Gasteiger partial charge in [-0.05, 0) is 6.92 Å². The van der Waals surface area contributed by atoms with Crippen LogP contribution in [0.3, 0.4) is 0 Å². The summed E-state index contributed by atoms with van der Waals surface area (Å²) in [5.74, 6) is -2.40. The average Bonchev–Trinajstić information content (AvgIpc) is 2.00. The number of carbonyl (C=O) groups excluding carboxylic acids is 1. The third-order valence-corrected chi connectivity index (χ3v) is 3.26. The Morgan fingerprint density at radius 3 is 2.33 bits per heavy atom. The highest BCUT2D eigenvalue weighted by atomic mass is 32.2. The van der Waals surface area contributed by atoms with E-state index in [0.29, 0.717) is 0 Å². The first kappa shape index (κ1) is 13.9. The van der Waals surface area contributed by atoms with E-state index in [0.717, 1.165) is 0 Å². The van der Waals surface area contributed by atoms with Gasteiger partial charge in [0.1, 0.15) is 5.75 Å². The lowest BCUT2D eigenvalue weighted by Crippen LogP contribution is -2.38. The van der Waals surface area contributed by atoms with Crippen molar-refractivity contribution in [1.82, 2.24) is 5.32 Å². The maximum Gasteiger partial charge on any atom is 0.305 e. The van der Waals surface area contributed by atoms with Crippen molar-refractivity contribution in [2.75, 3.05) is 11.5 Å². The van der Waals surface area contributed by atoms with Gasteiger partial charge >= 0.3 is 5.97 Å². The Labute approximate surface area is 88.6 Å². The first-order chi connectivity index (χ1) is 6.76. The zero-order valence-corrected chi connectivity index (χ0v) is 9.50. The van der Waals surface area contributed by atoms with E-state index in [4.69, 9.17) is 5.11 Å². The smallest absolute Gasteiger partial charge is 0.305 e. The SMILES string of the molecule is CCS(=O)(=O)CC(=O)NC(C)CC(=O)O. The average molecular weight is 237 g/mol. The number of carboxylic acids is 1. The van der Waals surface area contributed by atoms with E-state index in [1.807, 2.05) is 0 Å². The minimum Gasteiger partial charge on any atom is -0.481 e. The minimum absolute atomic E-state index is 0.103. The number of aliphatic carboxylic acids is 1. The Balaban J connectivity index is 4.10. The molecule has 0 heterocycles. The van der Waals surface area contributed by atoms with Crippen LogP contribution in [0.4, 0.5) is 0 Å². The first-order valence-electron chi connectivity index (χ1n) is 4.48. The molecule has 0 spiro atoms. The molecule has 6 nitrogen and oxygen atoms in total. The van der Waals surface area contributed by atoms with Crippen LogP contribution in [0.15, 0.2) is 0 Å². The summed E-state index contributed by atoms with van der Waals surface area (Å²) in [6, 6.07) is -0.568. The molecule has 1 atom stereocenters. The molecule has 7 heteroatoms. The van der Waals surface area contributed by atoms with Crippen LogP contribution in [-0.2, 0) is 19.4 Å². The van der Waals surface area contributed by atoms with E-state index in [9.17, 15) is 18.0 Å². The van der Waals surface area contributed by atoms with Gasteiger partial charge in [0.25, 0.3) is 0 Å². The Morgan fingerprint density at radius 1 is 1.40 bits per heavy atom. The van der Waals surface area contributed by atoms with Crippen molar-refractivity contribution in [1.29, 1.82) is 0 Å². The van der Waals surface area contributed by atoms with E-state index in [1.165, 1.54) is 13.8 Å². The molecule has 1 unspecified atom stereocenters. The highest BCUT2D eigenvalue weighted by Gasteiger charge is 2.16. The zero-order chi connectivity index (χ0) is 12.1. The number of nitrogens with one attached hydrogen (secondary N) is 1. The molecule has 0 aliphatic carbocycles. The maximum atomic E-state index is 11.1. The van der Waals surface area contributed by atoms with Crippen LogP contribution in [0, 0.1) is 0 Å². The van der Waals surface area contributed by atoms with Crippen LogP contribution in [-0.4, -0.2) is 42.9 Å². The van der Waals surface area contributed by atoms with Gasteiger partial charge in [0.2, 0.25) is 5.91 Å². The van der Waals surface area contributed by atoms with Crippen molar-refractivity contribution in [2.24, 2.45) is 0 Å². The summed E-state index contributed by atoms with van der Waals surface area (Å²) < 4.78 is 22.1. The normalized spacial score (nSPS) is 13.2. The molecule has 0 rings (SSSR count). The molecule has 15 heavy (non-hydrogen) atoms. The number of hydrogen-bond acceptors (Lipinski definition) is 4. The molecule has 0 saturated carbocycles. The van der Waals surface area contributed by atoms with E-state index < -0.39 is 33.5 Å². The summed E-state index contributed by atoms with van der Waals surface area (Å²) >= 11 is 0. The summed E-state index contributed by atoms with van der Waals surface area (Å²) in [5, 5.41) is 10.7. The van der Waals surface area contributed by atoms with Crippen molar-refractivity contribution in [3.05, 3.63) is 0 Å². The maximum absolute atomic E-state index is 11.1. The highest BCUT2D eigenvalue weighted by Crippen LogP contribution is 1.93. The molecule has 0 radical (unpaired) electrons. The van der Waals surface area contributed by atoms with Gasteiger partial charge in [-0.25, -0.2) is 8.42 Å². The van der Waals surface area contributed by atoms with Crippen molar-refractivity contribution >= 4 is 21.7 Å². The topological polar surface area (TPSA) is 101 Å². The molecule has 88 valence electrons. The quantitative estimate of drug-likeness (QED) is 0.642. The lowest BCUT2D eigenvalue weighted by molar-refractivity contribution is -0.137. The molecular weight excluding hydrogens is 222 g/mol. The number of carboxylic acid groups (broad SMARTS) is 1. The van der Waals surface area contributed by atoms with Gasteiger partial charge in [-0.1, -0.05) is 6.92 Å². The van der Waals surface area contributed by atoms with Gasteiger partial charge in [-0.3, -0.25) is 9.59 Å². The number of hydrogen-bond donors (Lipinski definition) is 2. The van der Waals surface area contributed by atoms with Gasteiger partial charge in [-0.2, -0.15) is 0 Å². The molecule has 0 aliphatic heterocycles. The van der Waals surface area contributed by atoms with Crippen molar-refractivity contribution in [3.63, 3.8) is 0 Å².